The third-order valence-electron chi connectivity index (χ3n) is 5.15. The van der Waals surface area contributed by atoms with Gasteiger partial charge in [-0.3, -0.25) is 4.79 Å². The van der Waals surface area contributed by atoms with Gasteiger partial charge in [0.15, 0.2) is 0 Å². The number of carbonyl (C=O) groups is 1. The molecule has 4 rings (SSSR count). The Labute approximate surface area is 118 Å². The topological polar surface area (TPSA) is 66.3 Å². The SMILES string of the molecule is Cc1cc(C2CCC2)nc(N2C[C@@H]3C(C(=O)O)[C@@H]3C2)n1. The average molecular weight is 273 g/mol. The molecule has 2 saturated carbocycles. The molecule has 0 spiro atoms. The monoisotopic (exact) mass is 273 g/mol. The van der Waals surface area contributed by atoms with Crippen LogP contribution in [0.3, 0.4) is 0 Å². The number of rotatable bonds is 3. The quantitative estimate of drug-likeness (QED) is 0.910. The van der Waals surface area contributed by atoms with Crippen molar-refractivity contribution in [3.05, 3.63) is 17.5 Å². The summed E-state index contributed by atoms with van der Waals surface area (Å²) >= 11 is 0. The molecule has 1 unspecified atom stereocenters. The zero-order valence-corrected chi connectivity index (χ0v) is 11.6. The first-order valence-corrected chi connectivity index (χ1v) is 7.47. The minimum atomic E-state index is -0.639. The second kappa shape index (κ2) is 4.17. The van der Waals surface area contributed by atoms with Gasteiger partial charge in [-0.1, -0.05) is 6.42 Å². The van der Waals surface area contributed by atoms with E-state index < -0.39 is 5.97 Å². The molecule has 1 aromatic rings. The Bertz CT molecular complexity index is 558. The maximum absolute atomic E-state index is 11.0. The largest absolute Gasteiger partial charge is 0.481 e. The first-order valence-electron chi connectivity index (χ1n) is 7.47. The minimum Gasteiger partial charge on any atom is -0.481 e. The Morgan fingerprint density at radius 3 is 2.55 bits per heavy atom. The van der Waals surface area contributed by atoms with Gasteiger partial charge in [-0.25, -0.2) is 9.97 Å². The van der Waals surface area contributed by atoms with E-state index in [0.717, 1.165) is 24.7 Å². The summed E-state index contributed by atoms with van der Waals surface area (Å²) in [7, 11) is 0. The molecule has 2 aliphatic carbocycles. The Morgan fingerprint density at radius 2 is 2.00 bits per heavy atom. The predicted molar refractivity (Wildman–Crippen MR) is 73.7 cm³/mol. The number of carboxylic acids is 1. The lowest BCUT2D eigenvalue weighted by Gasteiger charge is -2.27. The molecule has 0 amide bonds. The zero-order valence-electron chi connectivity index (χ0n) is 11.6. The second-order valence-corrected chi connectivity index (χ2v) is 6.46. The number of hydrogen-bond acceptors (Lipinski definition) is 4. The van der Waals surface area contributed by atoms with E-state index >= 15 is 0 Å². The number of anilines is 1. The van der Waals surface area contributed by atoms with Crippen LogP contribution in [0.25, 0.3) is 0 Å². The van der Waals surface area contributed by atoms with E-state index in [9.17, 15) is 4.79 Å². The van der Waals surface area contributed by atoms with Crippen LogP contribution in [0.4, 0.5) is 5.95 Å². The summed E-state index contributed by atoms with van der Waals surface area (Å²) in [6, 6.07) is 2.10. The maximum atomic E-state index is 11.0. The first-order chi connectivity index (χ1) is 9.63. The van der Waals surface area contributed by atoms with Crippen molar-refractivity contribution < 1.29 is 9.90 Å². The zero-order chi connectivity index (χ0) is 13.9. The van der Waals surface area contributed by atoms with Crippen molar-refractivity contribution >= 4 is 11.9 Å². The molecule has 1 aliphatic heterocycles. The highest BCUT2D eigenvalue weighted by atomic mass is 16.4. The molecule has 0 radical (unpaired) electrons. The number of nitrogens with zero attached hydrogens (tertiary/aromatic N) is 3. The van der Waals surface area contributed by atoms with Crippen LogP contribution in [0.2, 0.25) is 0 Å². The Balaban J connectivity index is 1.52. The molecule has 2 heterocycles. The normalized spacial score (nSPS) is 31.9. The van der Waals surface area contributed by atoms with Crippen LogP contribution in [-0.2, 0) is 4.79 Å². The minimum absolute atomic E-state index is 0.123. The van der Waals surface area contributed by atoms with Gasteiger partial charge in [0.1, 0.15) is 0 Å². The fourth-order valence-electron chi connectivity index (χ4n) is 3.69. The third kappa shape index (κ3) is 1.79. The summed E-state index contributed by atoms with van der Waals surface area (Å²) in [5, 5.41) is 9.07. The van der Waals surface area contributed by atoms with Crippen molar-refractivity contribution in [2.24, 2.45) is 17.8 Å². The van der Waals surface area contributed by atoms with Gasteiger partial charge in [-0.2, -0.15) is 0 Å². The lowest BCUT2D eigenvalue weighted by Crippen LogP contribution is -2.28. The van der Waals surface area contributed by atoms with Crippen LogP contribution in [0.1, 0.15) is 36.6 Å². The van der Waals surface area contributed by atoms with Gasteiger partial charge in [0.25, 0.3) is 0 Å². The van der Waals surface area contributed by atoms with E-state index in [1.54, 1.807) is 0 Å². The van der Waals surface area contributed by atoms with Gasteiger partial charge in [0.2, 0.25) is 5.95 Å². The van der Waals surface area contributed by atoms with E-state index in [2.05, 4.69) is 16.0 Å². The Morgan fingerprint density at radius 1 is 1.30 bits per heavy atom. The highest BCUT2D eigenvalue weighted by Crippen LogP contribution is 2.52. The summed E-state index contributed by atoms with van der Waals surface area (Å²) in [4.78, 5) is 22.5. The van der Waals surface area contributed by atoms with E-state index in [1.165, 1.54) is 25.0 Å². The van der Waals surface area contributed by atoms with Gasteiger partial charge < -0.3 is 10.0 Å². The number of aryl methyl sites for hydroxylation is 1. The number of fused-ring (bicyclic) bond motifs is 1. The van der Waals surface area contributed by atoms with Gasteiger partial charge >= 0.3 is 5.97 Å². The fraction of sp³-hybridized carbons (Fsp3) is 0.667. The van der Waals surface area contributed by atoms with Crippen molar-refractivity contribution in [2.45, 2.75) is 32.1 Å². The number of carboxylic acid groups (broad SMARTS) is 1. The Hall–Kier alpha value is -1.65. The number of aliphatic carboxylic acids is 1. The summed E-state index contributed by atoms with van der Waals surface area (Å²) in [5.41, 5.74) is 2.20. The van der Waals surface area contributed by atoms with Crippen LogP contribution in [0.5, 0.6) is 0 Å². The molecule has 0 aromatic carbocycles. The molecular weight excluding hydrogens is 254 g/mol. The smallest absolute Gasteiger partial charge is 0.307 e. The number of piperidine rings is 1. The van der Waals surface area contributed by atoms with Crippen molar-refractivity contribution in [2.75, 3.05) is 18.0 Å². The van der Waals surface area contributed by atoms with Crippen molar-refractivity contribution in [3.8, 4) is 0 Å². The molecule has 5 nitrogen and oxygen atoms in total. The summed E-state index contributed by atoms with van der Waals surface area (Å²) in [6.45, 7) is 3.62. The summed E-state index contributed by atoms with van der Waals surface area (Å²) in [5.74, 6) is 1.28. The van der Waals surface area contributed by atoms with E-state index in [-0.39, 0.29) is 5.92 Å². The van der Waals surface area contributed by atoms with Crippen LogP contribution in [0, 0.1) is 24.7 Å². The van der Waals surface area contributed by atoms with Crippen molar-refractivity contribution in [1.82, 2.24) is 9.97 Å². The molecule has 1 N–H and O–H groups in total. The second-order valence-electron chi connectivity index (χ2n) is 6.46. The molecule has 1 aromatic heterocycles. The molecule has 3 atom stereocenters. The highest BCUT2D eigenvalue weighted by Gasteiger charge is 2.60. The van der Waals surface area contributed by atoms with E-state index in [1.807, 2.05) is 6.92 Å². The lowest BCUT2D eigenvalue weighted by molar-refractivity contribution is -0.139. The van der Waals surface area contributed by atoms with E-state index in [4.69, 9.17) is 10.1 Å². The predicted octanol–water partition coefficient (Wildman–Crippen LogP) is 1.82. The van der Waals surface area contributed by atoms with Gasteiger partial charge in [0, 0.05) is 30.4 Å². The van der Waals surface area contributed by atoms with Gasteiger partial charge in [-0.15, -0.1) is 0 Å². The molecule has 5 heteroatoms. The van der Waals surface area contributed by atoms with Gasteiger partial charge in [0.05, 0.1) is 5.92 Å². The number of aromatic nitrogens is 2. The molecular formula is C15H19N3O2. The molecule has 20 heavy (non-hydrogen) atoms. The summed E-state index contributed by atoms with van der Waals surface area (Å²) in [6.07, 6.45) is 3.78. The van der Waals surface area contributed by atoms with Gasteiger partial charge in [-0.05, 0) is 37.7 Å². The molecule has 1 saturated heterocycles. The first kappa shape index (κ1) is 12.1. The van der Waals surface area contributed by atoms with Crippen LogP contribution in [0.15, 0.2) is 6.07 Å². The number of hydrogen-bond donors (Lipinski definition) is 1. The molecule has 3 aliphatic rings. The van der Waals surface area contributed by atoms with Crippen LogP contribution in [-0.4, -0.2) is 34.1 Å². The highest BCUT2D eigenvalue weighted by molar-refractivity contribution is 5.75. The van der Waals surface area contributed by atoms with Crippen molar-refractivity contribution in [3.63, 3.8) is 0 Å². The molecule has 0 bridgehead atoms. The Kier molecular flexibility index (Phi) is 2.53. The molecule has 3 fully saturated rings. The average Bonchev–Trinajstić information content (AvgIpc) is 2.83. The van der Waals surface area contributed by atoms with Crippen molar-refractivity contribution in [1.29, 1.82) is 0 Å². The summed E-state index contributed by atoms with van der Waals surface area (Å²) < 4.78 is 0. The van der Waals surface area contributed by atoms with E-state index in [0.29, 0.717) is 17.8 Å². The standard InChI is InChI=1S/C15H19N3O2/c1-8-5-12(9-3-2-4-9)17-15(16-8)18-6-10-11(7-18)13(10)14(19)20/h5,9-11,13H,2-4,6-7H2,1H3,(H,19,20)/t10-,11+,13?. The lowest BCUT2D eigenvalue weighted by atomic mass is 9.83. The maximum Gasteiger partial charge on any atom is 0.307 e. The third-order valence-corrected chi connectivity index (χ3v) is 5.15. The van der Waals surface area contributed by atoms with Crippen LogP contribution >= 0.6 is 0 Å². The fourth-order valence-corrected chi connectivity index (χ4v) is 3.69. The molecule has 106 valence electrons. The van der Waals surface area contributed by atoms with Crippen LogP contribution < -0.4 is 4.90 Å².